The van der Waals surface area contributed by atoms with Crippen LogP contribution in [0.4, 0.5) is 4.79 Å². The van der Waals surface area contributed by atoms with Crippen molar-refractivity contribution in [2.24, 2.45) is 5.92 Å². The maximum atomic E-state index is 14.2. The molecule has 0 aromatic carbocycles. The average molecular weight is 675 g/mol. The minimum absolute atomic E-state index is 0.0484. The quantitative estimate of drug-likeness (QED) is 0.348. The Morgan fingerprint density at radius 1 is 1.19 bits per heavy atom. The molecule has 5 amide bonds. The van der Waals surface area contributed by atoms with E-state index >= 15 is 0 Å². The minimum Gasteiger partial charge on any atom is -0.488 e. The van der Waals surface area contributed by atoms with Gasteiger partial charge in [-0.05, 0) is 58.4 Å². The zero-order valence-corrected chi connectivity index (χ0v) is 28.3. The van der Waals surface area contributed by atoms with Crippen molar-refractivity contribution in [2.45, 2.75) is 100 Å². The van der Waals surface area contributed by atoms with E-state index in [1.165, 1.54) is 9.80 Å². The summed E-state index contributed by atoms with van der Waals surface area (Å²) in [4.78, 5) is 61.6. The summed E-state index contributed by atoms with van der Waals surface area (Å²) in [6.07, 6.45) is 9.39. The Morgan fingerprint density at radius 2 is 1.96 bits per heavy atom. The van der Waals surface area contributed by atoms with E-state index in [2.05, 4.69) is 20.3 Å². The number of hydrogen-bond acceptors (Lipinski definition) is 9. The first kappa shape index (κ1) is 34.5. The van der Waals surface area contributed by atoms with Gasteiger partial charge in [-0.2, -0.15) is 0 Å². The molecule has 15 heteroatoms. The zero-order valence-electron chi connectivity index (χ0n) is 27.5. The Kier molecular flexibility index (Phi) is 10.0. The minimum atomic E-state index is -3.95. The second-order valence-corrected chi connectivity index (χ2v) is 15.6. The van der Waals surface area contributed by atoms with Crippen LogP contribution < -0.4 is 24.8 Å². The number of pyridine rings is 1. The van der Waals surface area contributed by atoms with Crippen LogP contribution in [-0.4, -0.2) is 103 Å². The molecule has 2 saturated carbocycles. The third-order valence-corrected chi connectivity index (χ3v) is 11.6. The highest BCUT2D eigenvalue weighted by atomic mass is 32.2. The van der Waals surface area contributed by atoms with Crippen molar-refractivity contribution in [1.82, 2.24) is 30.1 Å². The highest BCUT2D eigenvalue weighted by Crippen LogP contribution is 2.47. The summed E-state index contributed by atoms with van der Waals surface area (Å²) in [5, 5.41) is 5.68. The van der Waals surface area contributed by atoms with Crippen molar-refractivity contribution in [1.29, 1.82) is 0 Å². The van der Waals surface area contributed by atoms with Crippen LogP contribution in [0.15, 0.2) is 30.5 Å². The lowest BCUT2D eigenvalue weighted by Gasteiger charge is -2.30. The number of ether oxygens (including phenoxy) is 2. The molecule has 258 valence electrons. The molecule has 2 aliphatic carbocycles. The van der Waals surface area contributed by atoms with E-state index in [-0.39, 0.29) is 19.4 Å². The van der Waals surface area contributed by atoms with Gasteiger partial charge in [-0.3, -0.25) is 19.1 Å². The molecule has 14 nitrogen and oxygen atoms in total. The van der Waals surface area contributed by atoms with Gasteiger partial charge < -0.3 is 29.9 Å². The molecule has 2 aliphatic heterocycles. The number of aromatic nitrogens is 1. The van der Waals surface area contributed by atoms with E-state index in [0.29, 0.717) is 43.9 Å². The molecule has 0 bridgehead atoms. The highest BCUT2D eigenvalue weighted by molar-refractivity contribution is 7.91. The summed E-state index contributed by atoms with van der Waals surface area (Å²) in [6.45, 7) is 3.89. The zero-order chi connectivity index (χ0) is 34.0. The Bertz CT molecular complexity index is 1510. The van der Waals surface area contributed by atoms with Crippen molar-refractivity contribution in [2.75, 3.05) is 27.2 Å². The first-order valence-electron chi connectivity index (χ1n) is 16.4. The fraction of sp³-hybridized carbons (Fsp3) is 0.656. The number of fused-ring (bicyclic) bond motifs is 2. The molecule has 1 saturated heterocycles. The van der Waals surface area contributed by atoms with Gasteiger partial charge in [0.05, 0.1) is 17.9 Å². The monoisotopic (exact) mass is 674 g/mol. The highest BCUT2D eigenvalue weighted by Gasteiger charge is 2.63. The SMILES string of the molecule is CCOc1cc(O[C@@H]2C[C@H]3C(=O)N[C@]4(C(=O)NS(=O)(=O)C5(C)CC5)C[C@H]4/C=C/CCCCC[C@H](NC(=O)N(C)C)C(=O)N3C2)ccn1. The summed E-state index contributed by atoms with van der Waals surface area (Å²) in [6, 6.07) is 0.919. The molecule has 5 atom stereocenters. The van der Waals surface area contributed by atoms with Gasteiger partial charge in [0.25, 0.3) is 5.91 Å². The van der Waals surface area contributed by atoms with Crippen LogP contribution in [0.25, 0.3) is 0 Å². The summed E-state index contributed by atoms with van der Waals surface area (Å²) >= 11 is 0. The second kappa shape index (κ2) is 13.7. The smallest absolute Gasteiger partial charge is 0.317 e. The predicted molar refractivity (Wildman–Crippen MR) is 172 cm³/mol. The molecule has 3 heterocycles. The Balaban J connectivity index is 1.44. The first-order valence-corrected chi connectivity index (χ1v) is 17.9. The topological polar surface area (TPSA) is 176 Å². The van der Waals surface area contributed by atoms with Crippen LogP contribution in [-0.2, 0) is 24.4 Å². The summed E-state index contributed by atoms with van der Waals surface area (Å²) in [5.41, 5.74) is -1.48. The number of sulfonamides is 1. The lowest BCUT2D eigenvalue weighted by molar-refractivity contribution is -0.141. The van der Waals surface area contributed by atoms with E-state index < -0.39 is 68.2 Å². The van der Waals surface area contributed by atoms with Crippen molar-refractivity contribution >= 4 is 33.8 Å². The molecular formula is C32H46N6O8S. The van der Waals surface area contributed by atoms with Gasteiger partial charge in [0, 0.05) is 38.7 Å². The molecule has 3 fully saturated rings. The number of carbonyl (C=O) groups is 4. The van der Waals surface area contributed by atoms with Crippen LogP contribution in [0.3, 0.4) is 0 Å². The van der Waals surface area contributed by atoms with Crippen LogP contribution >= 0.6 is 0 Å². The first-order chi connectivity index (χ1) is 22.3. The third kappa shape index (κ3) is 7.65. The Labute approximate surface area is 276 Å². The van der Waals surface area contributed by atoms with Gasteiger partial charge in [0.2, 0.25) is 27.7 Å². The number of allylic oxidation sites excluding steroid dienone is 1. The number of nitrogens with one attached hydrogen (secondary N) is 3. The van der Waals surface area contributed by atoms with Gasteiger partial charge in [-0.1, -0.05) is 25.0 Å². The van der Waals surface area contributed by atoms with Crippen molar-refractivity contribution in [3.63, 3.8) is 0 Å². The van der Waals surface area contributed by atoms with E-state index in [9.17, 15) is 27.6 Å². The van der Waals surface area contributed by atoms with Gasteiger partial charge in [-0.15, -0.1) is 0 Å². The lowest BCUT2D eigenvalue weighted by Crippen LogP contribution is -2.59. The normalized spacial score (nSPS) is 29.5. The van der Waals surface area contributed by atoms with Crippen molar-refractivity contribution in [3.8, 4) is 11.6 Å². The van der Waals surface area contributed by atoms with Gasteiger partial charge in [0.1, 0.15) is 29.5 Å². The molecule has 0 spiro atoms. The number of carbonyl (C=O) groups excluding carboxylic acids is 4. The molecule has 47 heavy (non-hydrogen) atoms. The van der Waals surface area contributed by atoms with Crippen molar-refractivity contribution in [3.05, 3.63) is 30.5 Å². The number of nitrogens with zero attached hydrogens (tertiary/aromatic N) is 3. The Morgan fingerprint density at radius 3 is 2.66 bits per heavy atom. The number of hydrogen-bond donors (Lipinski definition) is 3. The molecule has 5 rings (SSSR count). The fourth-order valence-corrected chi connectivity index (χ4v) is 7.42. The van der Waals surface area contributed by atoms with Gasteiger partial charge in [-0.25, -0.2) is 18.2 Å². The molecular weight excluding hydrogens is 628 g/mol. The molecule has 1 aromatic heterocycles. The van der Waals surface area contributed by atoms with E-state index in [0.717, 1.165) is 19.3 Å². The molecule has 3 N–H and O–H groups in total. The maximum Gasteiger partial charge on any atom is 0.317 e. The van der Waals surface area contributed by atoms with E-state index in [4.69, 9.17) is 9.47 Å². The maximum absolute atomic E-state index is 14.2. The largest absolute Gasteiger partial charge is 0.488 e. The van der Waals surface area contributed by atoms with Gasteiger partial charge in [0.15, 0.2) is 0 Å². The average Bonchev–Trinajstić information content (AvgIpc) is 3.89. The van der Waals surface area contributed by atoms with Crippen LogP contribution in [0.1, 0.15) is 71.6 Å². The predicted octanol–water partition coefficient (Wildman–Crippen LogP) is 1.86. The molecule has 0 unspecified atom stereocenters. The van der Waals surface area contributed by atoms with Crippen LogP contribution in [0, 0.1) is 5.92 Å². The van der Waals surface area contributed by atoms with Crippen LogP contribution in [0.5, 0.6) is 11.6 Å². The van der Waals surface area contributed by atoms with Crippen molar-refractivity contribution < 1.29 is 37.1 Å². The van der Waals surface area contributed by atoms with E-state index in [1.54, 1.807) is 39.3 Å². The lowest BCUT2D eigenvalue weighted by atomic mass is 10.0. The second-order valence-electron chi connectivity index (χ2n) is 13.4. The number of rotatable bonds is 8. The summed E-state index contributed by atoms with van der Waals surface area (Å²) in [5.74, 6) is -1.39. The fourth-order valence-electron chi connectivity index (χ4n) is 6.11. The van der Waals surface area contributed by atoms with E-state index in [1.807, 2.05) is 19.1 Å². The van der Waals surface area contributed by atoms with Crippen LogP contribution in [0.2, 0.25) is 0 Å². The number of urea groups is 1. The third-order valence-electron chi connectivity index (χ3n) is 9.48. The summed E-state index contributed by atoms with van der Waals surface area (Å²) < 4.78 is 38.9. The summed E-state index contributed by atoms with van der Waals surface area (Å²) in [7, 11) is -0.785. The number of amides is 5. The molecule has 1 aromatic rings. The Hall–Kier alpha value is -3.88. The van der Waals surface area contributed by atoms with Gasteiger partial charge >= 0.3 is 6.03 Å². The standard InChI is InChI=1S/C32H46N6O8S/c1-5-45-26-18-22(13-16-33-26)46-23-17-25-27(39)35-32(29(41)36-47(43,44)31(2)14-15-31)19-21(32)11-9-7-6-8-10-12-24(28(40)38(25)20-23)34-30(42)37(3)4/h9,11,13,16,18,21,23-25H,5-8,10,12,14-15,17,19-20H2,1-4H3,(H,34,42)(H,35,39)(H,36,41)/b11-9+/t21-,23-,24+,25+,32-/m1/s1. The molecule has 0 radical (unpaired) electrons. The molecule has 4 aliphatic rings.